The summed E-state index contributed by atoms with van der Waals surface area (Å²) in [5.41, 5.74) is 7.40. The van der Waals surface area contributed by atoms with Gasteiger partial charge in [-0.05, 0) is 38.4 Å². The van der Waals surface area contributed by atoms with Crippen molar-refractivity contribution in [2.45, 2.75) is 50.3 Å². The minimum absolute atomic E-state index is 0.391. The summed E-state index contributed by atoms with van der Waals surface area (Å²) in [6, 6.07) is 0.391. The number of thioether (sulfide) groups is 1. The lowest BCUT2D eigenvalue weighted by Gasteiger charge is -2.27. The van der Waals surface area contributed by atoms with Crippen molar-refractivity contribution >= 4 is 11.8 Å². The normalized spacial score (nSPS) is 25.5. The Morgan fingerprint density at radius 3 is 2.92 bits per heavy atom. The van der Waals surface area contributed by atoms with Gasteiger partial charge in [-0.15, -0.1) is 6.58 Å². The Balaban J connectivity index is 2.20. The Bertz CT molecular complexity index is 161. The molecule has 0 aromatic rings. The highest BCUT2D eigenvalue weighted by atomic mass is 32.2. The van der Waals surface area contributed by atoms with E-state index in [4.69, 9.17) is 5.73 Å². The highest BCUT2D eigenvalue weighted by molar-refractivity contribution is 8.00. The average molecular weight is 199 g/mol. The zero-order valence-corrected chi connectivity index (χ0v) is 9.41. The second kappa shape index (κ2) is 5.71. The van der Waals surface area contributed by atoms with E-state index in [1.165, 1.54) is 30.6 Å². The first-order valence-electron chi connectivity index (χ1n) is 5.21. The van der Waals surface area contributed by atoms with Crippen molar-refractivity contribution in [1.29, 1.82) is 0 Å². The fraction of sp³-hybridized carbons (Fsp3) is 0.818. The Hall–Kier alpha value is 0.0500. The Morgan fingerprint density at radius 1 is 1.62 bits per heavy atom. The van der Waals surface area contributed by atoms with Crippen LogP contribution in [-0.4, -0.2) is 17.0 Å². The Kier molecular flexibility index (Phi) is 4.89. The van der Waals surface area contributed by atoms with E-state index in [0.29, 0.717) is 11.3 Å². The predicted octanol–water partition coefficient (Wildman–Crippen LogP) is 2.96. The topological polar surface area (TPSA) is 26.0 Å². The van der Waals surface area contributed by atoms with Crippen LogP contribution in [0.5, 0.6) is 0 Å². The van der Waals surface area contributed by atoms with Gasteiger partial charge in [-0.25, -0.2) is 0 Å². The molecule has 0 aliphatic carbocycles. The minimum atomic E-state index is 0.391. The molecule has 1 heterocycles. The smallest absolute Gasteiger partial charge is 0.0199 e. The minimum Gasteiger partial charge on any atom is -0.327 e. The highest BCUT2D eigenvalue weighted by Crippen LogP contribution is 2.28. The maximum absolute atomic E-state index is 6.13. The number of allylic oxidation sites excluding steroid dienone is 1. The molecule has 2 heteroatoms. The summed E-state index contributed by atoms with van der Waals surface area (Å²) in [7, 11) is 0. The van der Waals surface area contributed by atoms with E-state index in [9.17, 15) is 0 Å². The van der Waals surface area contributed by atoms with Crippen LogP contribution in [0.25, 0.3) is 0 Å². The third-order valence-corrected chi connectivity index (χ3v) is 4.13. The van der Waals surface area contributed by atoms with Crippen molar-refractivity contribution in [1.82, 2.24) is 0 Å². The van der Waals surface area contributed by atoms with Gasteiger partial charge >= 0.3 is 0 Å². The van der Waals surface area contributed by atoms with E-state index < -0.39 is 0 Å². The van der Waals surface area contributed by atoms with Crippen LogP contribution in [0, 0.1) is 0 Å². The van der Waals surface area contributed by atoms with Crippen molar-refractivity contribution in [2.24, 2.45) is 5.73 Å². The molecule has 2 N–H and O–H groups in total. The molecular formula is C11H21NS. The van der Waals surface area contributed by atoms with E-state index >= 15 is 0 Å². The number of hydrogen-bond donors (Lipinski definition) is 1. The molecule has 0 aromatic heterocycles. The zero-order valence-electron chi connectivity index (χ0n) is 8.59. The predicted molar refractivity (Wildman–Crippen MR) is 62.1 cm³/mol. The zero-order chi connectivity index (χ0) is 9.68. The van der Waals surface area contributed by atoms with E-state index in [1.807, 2.05) is 0 Å². The van der Waals surface area contributed by atoms with Crippen LogP contribution >= 0.6 is 11.8 Å². The molecule has 0 radical (unpaired) electrons. The lowest BCUT2D eigenvalue weighted by Crippen LogP contribution is -2.34. The summed E-state index contributed by atoms with van der Waals surface area (Å²) >= 11 is 2.07. The van der Waals surface area contributed by atoms with Gasteiger partial charge in [0, 0.05) is 11.3 Å². The first-order valence-corrected chi connectivity index (χ1v) is 6.26. The molecule has 0 aromatic carbocycles. The quantitative estimate of drug-likeness (QED) is 0.704. The first-order chi connectivity index (χ1) is 6.20. The molecular weight excluding hydrogens is 178 g/mol. The van der Waals surface area contributed by atoms with Crippen LogP contribution < -0.4 is 5.73 Å². The summed E-state index contributed by atoms with van der Waals surface area (Å²) < 4.78 is 0. The summed E-state index contributed by atoms with van der Waals surface area (Å²) in [6.45, 7) is 5.99. The molecule has 0 spiro atoms. The summed E-state index contributed by atoms with van der Waals surface area (Å²) in [6.07, 6.45) is 6.29. The van der Waals surface area contributed by atoms with Crippen LogP contribution in [0.15, 0.2) is 12.2 Å². The molecule has 1 nitrogen and oxygen atoms in total. The molecule has 2 unspecified atom stereocenters. The van der Waals surface area contributed by atoms with Gasteiger partial charge in [-0.2, -0.15) is 11.8 Å². The SMILES string of the molecule is C=C(C)CCC(N)C1CCCCS1. The number of rotatable bonds is 4. The summed E-state index contributed by atoms with van der Waals surface area (Å²) in [4.78, 5) is 0. The van der Waals surface area contributed by atoms with Crippen LogP contribution in [0.4, 0.5) is 0 Å². The van der Waals surface area contributed by atoms with Crippen molar-refractivity contribution in [3.05, 3.63) is 12.2 Å². The molecule has 1 aliphatic rings. The molecule has 1 rings (SSSR count). The van der Waals surface area contributed by atoms with Crippen LogP contribution in [0.3, 0.4) is 0 Å². The van der Waals surface area contributed by atoms with Gasteiger partial charge in [0.25, 0.3) is 0 Å². The van der Waals surface area contributed by atoms with Crippen LogP contribution in [0.2, 0.25) is 0 Å². The largest absolute Gasteiger partial charge is 0.327 e. The first kappa shape index (κ1) is 11.1. The summed E-state index contributed by atoms with van der Waals surface area (Å²) in [5, 5.41) is 0.716. The molecule has 76 valence electrons. The van der Waals surface area contributed by atoms with Gasteiger partial charge in [0.15, 0.2) is 0 Å². The Labute approximate surface area is 86.2 Å². The Morgan fingerprint density at radius 2 is 2.38 bits per heavy atom. The molecule has 1 saturated heterocycles. The fourth-order valence-corrected chi connectivity index (χ4v) is 3.09. The monoisotopic (exact) mass is 199 g/mol. The van der Waals surface area contributed by atoms with E-state index in [2.05, 4.69) is 25.3 Å². The van der Waals surface area contributed by atoms with Crippen molar-refractivity contribution in [2.75, 3.05) is 5.75 Å². The van der Waals surface area contributed by atoms with Crippen molar-refractivity contribution in [3.63, 3.8) is 0 Å². The third kappa shape index (κ3) is 4.19. The van der Waals surface area contributed by atoms with Gasteiger partial charge in [0.2, 0.25) is 0 Å². The van der Waals surface area contributed by atoms with Gasteiger partial charge < -0.3 is 5.73 Å². The van der Waals surface area contributed by atoms with Gasteiger partial charge in [0.05, 0.1) is 0 Å². The maximum Gasteiger partial charge on any atom is 0.0199 e. The summed E-state index contributed by atoms with van der Waals surface area (Å²) in [5.74, 6) is 1.31. The van der Waals surface area contributed by atoms with Crippen molar-refractivity contribution in [3.8, 4) is 0 Å². The second-order valence-electron chi connectivity index (χ2n) is 4.06. The standard InChI is InChI=1S/C11H21NS/c1-9(2)6-7-10(12)11-5-3-4-8-13-11/h10-11H,1,3-8,12H2,2H3. The van der Waals surface area contributed by atoms with E-state index in [1.54, 1.807) is 0 Å². The highest BCUT2D eigenvalue weighted by Gasteiger charge is 2.20. The maximum atomic E-state index is 6.13. The van der Waals surface area contributed by atoms with Gasteiger partial charge in [-0.3, -0.25) is 0 Å². The molecule has 0 saturated carbocycles. The van der Waals surface area contributed by atoms with Gasteiger partial charge in [-0.1, -0.05) is 12.0 Å². The van der Waals surface area contributed by atoms with Gasteiger partial charge in [0.1, 0.15) is 0 Å². The average Bonchev–Trinajstić information content (AvgIpc) is 2.15. The second-order valence-corrected chi connectivity index (χ2v) is 5.41. The molecule has 1 aliphatic heterocycles. The molecule has 0 amide bonds. The molecule has 0 bridgehead atoms. The van der Waals surface area contributed by atoms with E-state index in [-0.39, 0.29) is 0 Å². The van der Waals surface area contributed by atoms with Crippen molar-refractivity contribution < 1.29 is 0 Å². The van der Waals surface area contributed by atoms with Crippen LogP contribution in [0.1, 0.15) is 39.0 Å². The molecule has 13 heavy (non-hydrogen) atoms. The lowest BCUT2D eigenvalue weighted by molar-refractivity contribution is 0.532. The van der Waals surface area contributed by atoms with E-state index in [0.717, 1.165) is 12.8 Å². The number of hydrogen-bond acceptors (Lipinski definition) is 2. The third-order valence-electron chi connectivity index (χ3n) is 2.60. The lowest BCUT2D eigenvalue weighted by atomic mass is 10.0. The molecule has 1 fully saturated rings. The van der Waals surface area contributed by atoms with Crippen LogP contribution in [-0.2, 0) is 0 Å². The fourth-order valence-electron chi connectivity index (χ4n) is 1.70. The molecule has 2 atom stereocenters. The number of nitrogens with two attached hydrogens (primary N) is 1.